The average molecular weight is 269 g/mol. The highest BCUT2D eigenvalue weighted by atomic mass is 16.2. The fourth-order valence-corrected chi connectivity index (χ4v) is 2.76. The molecule has 19 heavy (non-hydrogen) atoms. The summed E-state index contributed by atoms with van der Waals surface area (Å²) >= 11 is 0. The second kappa shape index (κ2) is 8.54. The van der Waals surface area contributed by atoms with Crippen molar-refractivity contribution in [3.05, 3.63) is 0 Å². The molecular formula is C15H31N3O. The number of carbonyl (C=O) groups is 1. The van der Waals surface area contributed by atoms with Crippen molar-refractivity contribution >= 4 is 5.91 Å². The van der Waals surface area contributed by atoms with Crippen molar-refractivity contribution in [1.29, 1.82) is 0 Å². The smallest absolute Gasteiger partial charge is 0.239 e. The summed E-state index contributed by atoms with van der Waals surface area (Å²) in [7, 11) is 4.10. The van der Waals surface area contributed by atoms with Gasteiger partial charge in [-0.25, -0.2) is 0 Å². The summed E-state index contributed by atoms with van der Waals surface area (Å²) < 4.78 is 0. The van der Waals surface area contributed by atoms with Gasteiger partial charge in [-0.2, -0.15) is 0 Å². The number of hydrogen-bond donors (Lipinski definition) is 1. The van der Waals surface area contributed by atoms with E-state index >= 15 is 0 Å². The van der Waals surface area contributed by atoms with Gasteiger partial charge in [-0.1, -0.05) is 32.6 Å². The minimum Gasteiger partial charge on any atom is -0.337 e. The van der Waals surface area contributed by atoms with Crippen LogP contribution < -0.4 is 5.73 Å². The van der Waals surface area contributed by atoms with Crippen LogP contribution in [0.15, 0.2) is 0 Å². The van der Waals surface area contributed by atoms with Gasteiger partial charge in [0, 0.05) is 19.1 Å². The summed E-state index contributed by atoms with van der Waals surface area (Å²) in [5, 5.41) is 0. The van der Waals surface area contributed by atoms with Gasteiger partial charge in [0.15, 0.2) is 0 Å². The summed E-state index contributed by atoms with van der Waals surface area (Å²) in [6, 6.07) is 0.128. The molecule has 1 amide bonds. The Morgan fingerprint density at radius 3 is 2.42 bits per heavy atom. The lowest BCUT2D eigenvalue weighted by Crippen LogP contribution is -2.50. The number of nitrogens with two attached hydrogens (primary N) is 1. The van der Waals surface area contributed by atoms with E-state index in [-0.39, 0.29) is 11.9 Å². The molecule has 1 aliphatic rings. The first-order valence-corrected chi connectivity index (χ1v) is 7.77. The number of hydrogen-bond acceptors (Lipinski definition) is 3. The molecule has 0 saturated heterocycles. The van der Waals surface area contributed by atoms with Gasteiger partial charge in [-0.05, 0) is 33.4 Å². The third-order valence-corrected chi connectivity index (χ3v) is 4.02. The molecule has 4 heteroatoms. The van der Waals surface area contributed by atoms with Crippen molar-refractivity contribution < 1.29 is 4.79 Å². The quantitative estimate of drug-likeness (QED) is 0.731. The van der Waals surface area contributed by atoms with Gasteiger partial charge in [0.1, 0.15) is 0 Å². The van der Waals surface area contributed by atoms with Gasteiger partial charge in [0.2, 0.25) is 5.91 Å². The van der Waals surface area contributed by atoms with E-state index in [0.29, 0.717) is 6.04 Å². The SMILES string of the molecule is CCCC[C@H](N)C(=O)N(CCN(C)C)C1CCCC1. The van der Waals surface area contributed by atoms with Crippen LogP contribution in [0.25, 0.3) is 0 Å². The van der Waals surface area contributed by atoms with Gasteiger partial charge in [-0.3, -0.25) is 4.79 Å². The van der Waals surface area contributed by atoms with Crippen molar-refractivity contribution in [2.24, 2.45) is 5.73 Å². The third kappa shape index (κ3) is 5.49. The molecule has 0 heterocycles. The highest BCUT2D eigenvalue weighted by Gasteiger charge is 2.29. The third-order valence-electron chi connectivity index (χ3n) is 4.02. The zero-order valence-corrected chi connectivity index (χ0v) is 12.9. The van der Waals surface area contributed by atoms with Crippen molar-refractivity contribution in [3.8, 4) is 0 Å². The molecule has 4 nitrogen and oxygen atoms in total. The lowest BCUT2D eigenvalue weighted by atomic mass is 10.1. The number of nitrogens with zero attached hydrogens (tertiary/aromatic N) is 2. The van der Waals surface area contributed by atoms with Crippen LogP contribution in [0.4, 0.5) is 0 Å². The Labute approximate surface area is 118 Å². The van der Waals surface area contributed by atoms with E-state index < -0.39 is 0 Å². The van der Waals surface area contributed by atoms with E-state index in [1.165, 1.54) is 12.8 Å². The van der Waals surface area contributed by atoms with E-state index in [2.05, 4.69) is 16.7 Å². The van der Waals surface area contributed by atoms with Crippen LogP contribution in [0, 0.1) is 0 Å². The van der Waals surface area contributed by atoms with Crippen molar-refractivity contribution in [3.63, 3.8) is 0 Å². The van der Waals surface area contributed by atoms with Crippen LogP contribution in [-0.4, -0.2) is 55.0 Å². The average Bonchev–Trinajstić information content (AvgIpc) is 2.89. The fourth-order valence-electron chi connectivity index (χ4n) is 2.76. The first-order valence-electron chi connectivity index (χ1n) is 7.77. The highest BCUT2D eigenvalue weighted by Crippen LogP contribution is 2.24. The monoisotopic (exact) mass is 269 g/mol. The standard InChI is InChI=1S/C15H31N3O/c1-4-5-10-14(16)15(19)18(12-11-17(2)3)13-8-6-7-9-13/h13-14H,4-12,16H2,1-3H3/t14-/m0/s1. The van der Waals surface area contributed by atoms with Gasteiger partial charge in [-0.15, -0.1) is 0 Å². The largest absolute Gasteiger partial charge is 0.337 e. The Morgan fingerprint density at radius 1 is 1.26 bits per heavy atom. The normalized spacial score (nSPS) is 17.9. The van der Waals surface area contributed by atoms with E-state index in [4.69, 9.17) is 5.73 Å². The molecule has 2 N–H and O–H groups in total. The van der Waals surface area contributed by atoms with Crippen molar-refractivity contribution in [1.82, 2.24) is 9.80 Å². The minimum atomic E-state index is -0.303. The molecule has 0 unspecified atom stereocenters. The summed E-state index contributed by atoms with van der Waals surface area (Å²) in [6.45, 7) is 3.87. The number of carbonyl (C=O) groups excluding carboxylic acids is 1. The zero-order valence-electron chi connectivity index (χ0n) is 12.9. The maximum absolute atomic E-state index is 12.5. The summed E-state index contributed by atoms with van der Waals surface area (Å²) in [4.78, 5) is 16.7. The Bertz CT molecular complexity index is 262. The van der Waals surface area contributed by atoms with Crippen molar-refractivity contribution in [2.75, 3.05) is 27.2 Å². The lowest BCUT2D eigenvalue weighted by Gasteiger charge is -2.32. The predicted octanol–water partition coefficient (Wildman–Crippen LogP) is 1.84. The first kappa shape index (κ1) is 16.4. The van der Waals surface area contributed by atoms with Crippen LogP contribution in [0.5, 0.6) is 0 Å². The van der Waals surface area contributed by atoms with Crippen LogP contribution in [0.1, 0.15) is 51.9 Å². The Hall–Kier alpha value is -0.610. The number of amides is 1. The van der Waals surface area contributed by atoms with E-state index in [1.54, 1.807) is 0 Å². The Morgan fingerprint density at radius 2 is 1.89 bits per heavy atom. The van der Waals surface area contributed by atoms with Crippen LogP contribution in [0.2, 0.25) is 0 Å². The van der Waals surface area contributed by atoms with Crippen LogP contribution >= 0.6 is 0 Å². The Kier molecular flexibility index (Phi) is 7.39. The molecular weight excluding hydrogens is 238 g/mol. The molecule has 0 aromatic heterocycles. The van der Waals surface area contributed by atoms with Gasteiger partial charge in [0.05, 0.1) is 6.04 Å². The molecule has 1 rings (SSSR count). The molecule has 112 valence electrons. The molecule has 0 bridgehead atoms. The topological polar surface area (TPSA) is 49.6 Å². The summed E-state index contributed by atoms with van der Waals surface area (Å²) in [6.07, 6.45) is 7.77. The Balaban J connectivity index is 2.57. The van der Waals surface area contributed by atoms with Gasteiger partial charge >= 0.3 is 0 Å². The minimum absolute atomic E-state index is 0.169. The molecule has 0 aliphatic heterocycles. The van der Waals surface area contributed by atoms with Crippen LogP contribution in [0.3, 0.4) is 0 Å². The molecule has 1 saturated carbocycles. The maximum Gasteiger partial charge on any atom is 0.239 e. The first-order chi connectivity index (χ1) is 9.06. The van der Waals surface area contributed by atoms with E-state index in [0.717, 1.165) is 45.2 Å². The molecule has 0 aromatic carbocycles. The second-order valence-electron chi connectivity index (χ2n) is 6.02. The number of likely N-dealkylation sites (N-methyl/N-ethyl adjacent to an activating group) is 1. The van der Waals surface area contributed by atoms with Crippen LogP contribution in [-0.2, 0) is 4.79 Å². The lowest BCUT2D eigenvalue weighted by molar-refractivity contribution is -0.135. The molecule has 1 fully saturated rings. The van der Waals surface area contributed by atoms with Crippen molar-refractivity contribution in [2.45, 2.75) is 64.0 Å². The number of unbranched alkanes of at least 4 members (excludes halogenated alkanes) is 1. The second-order valence-corrected chi connectivity index (χ2v) is 6.02. The van der Waals surface area contributed by atoms with E-state index in [1.807, 2.05) is 14.1 Å². The molecule has 0 radical (unpaired) electrons. The molecule has 1 atom stereocenters. The van der Waals surface area contributed by atoms with Gasteiger partial charge < -0.3 is 15.5 Å². The molecule has 1 aliphatic carbocycles. The predicted molar refractivity (Wildman–Crippen MR) is 80.0 cm³/mol. The maximum atomic E-state index is 12.5. The highest BCUT2D eigenvalue weighted by molar-refractivity contribution is 5.82. The fraction of sp³-hybridized carbons (Fsp3) is 0.933. The van der Waals surface area contributed by atoms with E-state index in [9.17, 15) is 4.79 Å². The molecule has 0 spiro atoms. The summed E-state index contributed by atoms with van der Waals surface area (Å²) in [5.74, 6) is 0.169. The summed E-state index contributed by atoms with van der Waals surface area (Å²) in [5.41, 5.74) is 6.07. The molecule has 0 aromatic rings. The van der Waals surface area contributed by atoms with Gasteiger partial charge in [0.25, 0.3) is 0 Å². The zero-order chi connectivity index (χ0) is 14.3. The number of rotatable bonds is 8.